The second kappa shape index (κ2) is 10.4. The number of aromatic nitrogens is 1. The Morgan fingerprint density at radius 1 is 0.519 bits per heavy atom. The summed E-state index contributed by atoms with van der Waals surface area (Å²) >= 11 is 0. The predicted molar refractivity (Wildman–Crippen MR) is 232 cm³/mol. The molecule has 0 unspecified atom stereocenters. The Hall–Kier alpha value is -5.54. The van der Waals surface area contributed by atoms with Gasteiger partial charge in [0.25, 0.3) is 0 Å². The molecule has 11 rings (SSSR count). The van der Waals surface area contributed by atoms with Crippen molar-refractivity contribution < 1.29 is 0 Å². The van der Waals surface area contributed by atoms with E-state index in [9.17, 15) is 0 Å². The molecule has 0 bridgehead atoms. The molecule has 0 amide bonds. The Balaban J connectivity index is 1.30. The summed E-state index contributed by atoms with van der Waals surface area (Å²) in [6.45, 7) is 18.7. The third kappa shape index (κ3) is 4.13. The van der Waals surface area contributed by atoms with Crippen LogP contribution in [0.25, 0.3) is 60.5 Å². The standard InChI is InChI=1S/C51H45BN2/c1-49(2,3)32-17-20-34(21-18-32)54-46-26-31-14-10-9-13-30(31)25-39(46)36-22-23-37-40-28-38-35-15-11-12-16-41(35)51(7,8)42(38)29-45(40)53-44-24-19-33(50(4,5)6)27-43(44)52(54)47(36)48(37)53/h9-29H,1-8H3. The molecule has 2 aliphatic heterocycles. The second-order valence-electron chi connectivity index (χ2n) is 18.7. The molecule has 3 aliphatic rings. The van der Waals surface area contributed by atoms with E-state index in [0.717, 1.165) is 0 Å². The number of rotatable bonds is 1. The molecular weight excluding hydrogens is 651 g/mol. The van der Waals surface area contributed by atoms with Gasteiger partial charge >= 0.3 is 6.85 Å². The van der Waals surface area contributed by atoms with E-state index >= 15 is 0 Å². The Morgan fingerprint density at radius 2 is 1.20 bits per heavy atom. The van der Waals surface area contributed by atoms with Gasteiger partial charge in [0.15, 0.2) is 0 Å². The van der Waals surface area contributed by atoms with Crippen molar-refractivity contribution in [3.8, 4) is 27.9 Å². The van der Waals surface area contributed by atoms with Gasteiger partial charge in [0, 0.05) is 38.8 Å². The maximum atomic E-state index is 2.67. The molecule has 0 fully saturated rings. The van der Waals surface area contributed by atoms with Gasteiger partial charge in [-0.1, -0.05) is 140 Å². The smallest absolute Gasteiger partial charge is 0.333 e. The Labute approximate surface area is 319 Å². The maximum Gasteiger partial charge on any atom is 0.333 e. The summed E-state index contributed by atoms with van der Waals surface area (Å²) in [6, 6.07) is 49.4. The van der Waals surface area contributed by atoms with Gasteiger partial charge in [-0.3, -0.25) is 0 Å². The second-order valence-corrected chi connectivity index (χ2v) is 18.7. The van der Waals surface area contributed by atoms with Crippen LogP contribution in [0.15, 0.2) is 127 Å². The molecule has 2 nitrogen and oxygen atoms in total. The minimum atomic E-state index is -0.0809. The zero-order valence-electron chi connectivity index (χ0n) is 32.6. The Bertz CT molecular complexity index is 2930. The van der Waals surface area contributed by atoms with Crippen LogP contribution < -0.4 is 15.7 Å². The summed E-state index contributed by atoms with van der Waals surface area (Å²) in [5.41, 5.74) is 20.1. The number of anilines is 2. The van der Waals surface area contributed by atoms with Crippen LogP contribution in [0, 0.1) is 0 Å². The summed E-state index contributed by atoms with van der Waals surface area (Å²) in [6.07, 6.45) is 0. The zero-order chi connectivity index (χ0) is 37.1. The molecule has 7 aromatic carbocycles. The van der Waals surface area contributed by atoms with E-state index in [-0.39, 0.29) is 23.1 Å². The largest absolute Gasteiger partial charge is 0.376 e. The van der Waals surface area contributed by atoms with Crippen LogP contribution in [0.4, 0.5) is 11.4 Å². The molecule has 8 aromatic rings. The molecule has 1 aliphatic carbocycles. The summed E-state index contributed by atoms with van der Waals surface area (Å²) in [5, 5.41) is 5.20. The fourth-order valence-electron chi connectivity index (χ4n) is 10.1. The molecule has 0 radical (unpaired) electrons. The van der Waals surface area contributed by atoms with Crippen molar-refractivity contribution in [1.29, 1.82) is 0 Å². The van der Waals surface area contributed by atoms with E-state index in [1.807, 2.05) is 0 Å². The highest BCUT2D eigenvalue weighted by molar-refractivity contribution is 6.93. The van der Waals surface area contributed by atoms with Gasteiger partial charge in [-0.05, 0) is 114 Å². The first-order valence-electron chi connectivity index (χ1n) is 19.6. The number of fused-ring (bicyclic) bond motifs is 12. The lowest BCUT2D eigenvalue weighted by atomic mass is 9.43. The lowest BCUT2D eigenvalue weighted by Crippen LogP contribution is -2.60. The molecule has 0 saturated carbocycles. The molecule has 0 spiro atoms. The molecule has 3 heterocycles. The summed E-state index contributed by atoms with van der Waals surface area (Å²) in [5.74, 6) is 0. The average molecular weight is 697 g/mol. The molecule has 0 N–H and O–H groups in total. The quantitative estimate of drug-likeness (QED) is 0.155. The van der Waals surface area contributed by atoms with Crippen LogP contribution in [0.2, 0.25) is 0 Å². The Morgan fingerprint density at radius 3 is 1.94 bits per heavy atom. The topological polar surface area (TPSA) is 8.17 Å². The fourth-order valence-corrected chi connectivity index (χ4v) is 10.1. The number of hydrogen-bond donors (Lipinski definition) is 0. The molecule has 3 heteroatoms. The van der Waals surface area contributed by atoms with Gasteiger partial charge < -0.3 is 9.38 Å². The van der Waals surface area contributed by atoms with Crippen molar-refractivity contribution in [3.05, 3.63) is 150 Å². The number of benzene rings is 7. The summed E-state index contributed by atoms with van der Waals surface area (Å²) in [7, 11) is 0. The molecule has 262 valence electrons. The first kappa shape index (κ1) is 31.9. The molecular formula is C51H45BN2. The van der Waals surface area contributed by atoms with Crippen molar-refractivity contribution in [3.63, 3.8) is 0 Å². The van der Waals surface area contributed by atoms with E-state index < -0.39 is 0 Å². The zero-order valence-corrected chi connectivity index (χ0v) is 32.6. The third-order valence-electron chi connectivity index (χ3n) is 13.1. The van der Waals surface area contributed by atoms with E-state index in [1.165, 1.54) is 105 Å². The monoisotopic (exact) mass is 696 g/mol. The first-order chi connectivity index (χ1) is 25.8. The first-order valence-corrected chi connectivity index (χ1v) is 19.6. The highest BCUT2D eigenvalue weighted by Crippen LogP contribution is 2.52. The number of hydrogen-bond acceptors (Lipinski definition) is 1. The predicted octanol–water partition coefficient (Wildman–Crippen LogP) is 12.1. The molecule has 0 saturated heterocycles. The lowest BCUT2D eigenvalue weighted by Gasteiger charge is -2.42. The van der Waals surface area contributed by atoms with Crippen LogP contribution in [-0.4, -0.2) is 11.4 Å². The average Bonchev–Trinajstić information content (AvgIpc) is 3.60. The molecule has 54 heavy (non-hydrogen) atoms. The molecule has 1 aromatic heterocycles. The van der Waals surface area contributed by atoms with Gasteiger partial charge in [0.05, 0.1) is 11.0 Å². The van der Waals surface area contributed by atoms with E-state index in [0.29, 0.717) is 0 Å². The van der Waals surface area contributed by atoms with Crippen molar-refractivity contribution in [2.45, 2.75) is 71.6 Å². The highest BCUT2D eigenvalue weighted by Gasteiger charge is 2.45. The van der Waals surface area contributed by atoms with Crippen LogP contribution in [0.1, 0.15) is 77.6 Å². The van der Waals surface area contributed by atoms with Crippen molar-refractivity contribution >= 4 is 61.7 Å². The van der Waals surface area contributed by atoms with E-state index in [1.54, 1.807) is 0 Å². The Kier molecular flexibility index (Phi) is 6.13. The van der Waals surface area contributed by atoms with Crippen LogP contribution in [0.3, 0.4) is 0 Å². The van der Waals surface area contributed by atoms with Crippen molar-refractivity contribution in [1.82, 2.24) is 4.57 Å². The SMILES string of the molecule is CC(C)(C)c1ccc(N2B3c4cc(C(C)(C)C)ccc4-n4c5cc6c(cc5c5ccc(c3c54)-c3cc4ccccc4cc32)-c2ccccc2C6(C)C)cc1. The summed E-state index contributed by atoms with van der Waals surface area (Å²) < 4.78 is 2.63. The van der Waals surface area contributed by atoms with E-state index in [4.69, 9.17) is 0 Å². The van der Waals surface area contributed by atoms with Crippen LogP contribution >= 0.6 is 0 Å². The minimum absolute atomic E-state index is 0.00148. The van der Waals surface area contributed by atoms with Crippen LogP contribution in [0.5, 0.6) is 0 Å². The fraction of sp³-hybridized carbons (Fsp3) is 0.216. The van der Waals surface area contributed by atoms with Gasteiger partial charge in [-0.15, -0.1) is 0 Å². The molecule has 0 atom stereocenters. The van der Waals surface area contributed by atoms with Gasteiger partial charge in [-0.2, -0.15) is 0 Å². The normalized spacial score (nSPS) is 15.1. The van der Waals surface area contributed by atoms with Crippen molar-refractivity contribution in [2.75, 3.05) is 4.81 Å². The minimum Gasteiger partial charge on any atom is -0.376 e. The van der Waals surface area contributed by atoms with Crippen molar-refractivity contribution in [2.24, 2.45) is 0 Å². The number of nitrogens with zero attached hydrogens (tertiary/aromatic N) is 2. The third-order valence-corrected chi connectivity index (χ3v) is 13.1. The van der Waals surface area contributed by atoms with E-state index in [2.05, 4.69) is 192 Å². The van der Waals surface area contributed by atoms with Gasteiger partial charge in [0.2, 0.25) is 0 Å². The van der Waals surface area contributed by atoms with Gasteiger partial charge in [0.1, 0.15) is 0 Å². The van der Waals surface area contributed by atoms with Crippen LogP contribution in [-0.2, 0) is 16.2 Å². The summed E-state index contributed by atoms with van der Waals surface area (Å²) in [4.78, 5) is 2.67. The lowest BCUT2D eigenvalue weighted by molar-refractivity contribution is 0.590. The maximum absolute atomic E-state index is 2.67. The highest BCUT2D eigenvalue weighted by atomic mass is 15.1. The van der Waals surface area contributed by atoms with Gasteiger partial charge in [-0.25, -0.2) is 0 Å².